The predicted molar refractivity (Wildman–Crippen MR) is 53.3 cm³/mol. The van der Waals surface area contributed by atoms with Crippen LogP contribution in [0.2, 0.25) is 0 Å². The Balaban J connectivity index is 2.49. The number of rotatable bonds is 2. The summed E-state index contributed by atoms with van der Waals surface area (Å²) in [6.45, 7) is 0.644. The van der Waals surface area contributed by atoms with Crippen molar-refractivity contribution in [3.8, 4) is 0 Å². The minimum absolute atomic E-state index is 0.644. The quantitative estimate of drug-likeness (QED) is 0.744. The number of hydrogen-bond donors (Lipinski definition) is 1. The van der Waals surface area contributed by atoms with Crippen LogP contribution in [0.5, 0.6) is 0 Å². The first-order valence-corrected chi connectivity index (χ1v) is 4.35. The maximum Gasteiger partial charge on any atom is 0.0422 e. The van der Waals surface area contributed by atoms with Gasteiger partial charge in [-0.2, -0.15) is 0 Å². The Morgan fingerprint density at radius 3 is 3.23 bits per heavy atom. The number of nitrogens with zero attached hydrogens (tertiary/aromatic N) is 1. The summed E-state index contributed by atoms with van der Waals surface area (Å²) >= 11 is 0. The molecule has 0 unspecified atom stereocenters. The molecule has 0 atom stereocenters. The van der Waals surface area contributed by atoms with Gasteiger partial charge in [0.25, 0.3) is 0 Å². The Morgan fingerprint density at radius 2 is 2.38 bits per heavy atom. The van der Waals surface area contributed by atoms with Crippen LogP contribution in [0.15, 0.2) is 30.5 Å². The van der Waals surface area contributed by atoms with Gasteiger partial charge in [0.05, 0.1) is 0 Å². The van der Waals surface area contributed by atoms with Crippen molar-refractivity contribution in [2.45, 2.75) is 6.42 Å². The van der Waals surface area contributed by atoms with E-state index in [1.54, 1.807) is 0 Å². The summed E-state index contributed by atoms with van der Waals surface area (Å²) in [6, 6.07) is 11.1. The normalized spacial score (nSPS) is 10.5. The van der Waals surface area contributed by atoms with E-state index in [-0.39, 0.29) is 0 Å². The van der Waals surface area contributed by atoms with E-state index >= 15 is 0 Å². The number of benzene rings is 1. The summed E-state index contributed by atoms with van der Waals surface area (Å²) < 4.78 is 0. The Kier molecular flexibility index (Phi) is 2.23. The lowest BCUT2D eigenvalue weighted by atomic mass is 10.1. The molecule has 1 heterocycles. The average Bonchev–Trinajstić information content (AvgIpc) is 2.18. The average molecular weight is 171 g/mol. The molecule has 13 heavy (non-hydrogen) atoms. The lowest BCUT2D eigenvalue weighted by Gasteiger charge is -1.99. The van der Waals surface area contributed by atoms with Crippen LogP contribution in [0.25, 0.3) is 10.8 Å². The second-order valence-corrected chi connectivity index (χ2v) is 2.97. The highest BCUT2D eigenvalue weighted by Gasteiger charge is 1.95. The van der Waals surface area contributed by atoms with Gasteiger partial charge in [-0.25, -0.2) is 0 Å². The van der Waals surface area contributed by atoms with Crippen molar-refractivity contribution in [1.29, 1.82) is 0 Å². The maximum absolute atomic E-state index is 5.45. The topological polar surface area (TPSA) is 38.9 Å². The van der Waals surface area contributed by atoms with E-state index in [0.717, 1.165) is 22.9 Å². The van der Waals surface area contributed by atoms with E-state index in [9.17, 15) is 0 Å². The lowest BCUT2D eigenvalue weighted by molar-refractivity contribution is 0.927. The van der Waals surface area contributed by atoms with Gasteiger partial charge in [-0.1, -0.05) is 18.2 Å². The molecule has 0 aliphatic carbocycles. The zero-order chi connectivity index (χ0) is 9.10. The molecule has 2 aromatic rings. The van der Waals surface area contributed by atoms with Crippen LogP contribution >= 0.6 is 0 Å². The molecular weight excluding hydrogens is 160 g/mol. The Labute approximate surface area is 77.4 Å². The molecule has 0 saturated carbocycles. The zero-order valence-electron chi connectivity index (χ0n) is 7.33. The smallest absolute Gasteiger partial charge is 0.0422 e. The number of fused-ring (bicyclic) bond motifs is 1. The molecule has 0 aliphatic heterocycles. The highest BCUT2D eigenvalue weighted by molar-refractivity contribution is 5.81. The Hall–Kier alpha value is -1.41. The summed E-state index contributed by atoms with van der Waals surface area (Å²) in [7, 11) is 0. The van der Waals surface area contributed by atoms with Crippen LogP contribution in [-0.4, -0.2) is 11.5 Å². The number of pyridine rings is 1. The third kappa shape index (κ3) is 1.68. The van der Waals surface area contributed by atoms with E-state index in [4.69, 9.17) is 5.73 Å². The third-order valence-corrected chi connectivity index (χ3v) is 2.00. The van der Waals surface area contributed by atoms with Crippen molar-refractivity contribution >= 4 is 10.8 Å². The minimum Gasteiger partial charge on any atom is -0.330 e. The van der Waals surface area contributed by atoms with E-state index in [1.165, 1.54) is 0 Å². The standard InChI is InChI=1S/C11H11N2/c12-6-5-11-7-9-3-1-2-4-10(9)8-13-11/h1-2,4,7-8H,5-6,12H2. The summed E-state index contributed by atoms with van der Waals surface area (Å²) in [5.41, 5.74) is 6.49. The van der Waals surface area contributed by atoms with Crippen molar-refractivity contribution in [1.82, 2.24) is 4.98 Å². The van der Waals surface area contributed by atoms with E-state index < -0.39 is 0 Å². The first-order valence-electron chi connectivity index (χ1n) is 4.35. The van der Waals surface area contributed by atoms with Gasteiger partial charge in [-0.3, -0.25) is 4.98 Å². The van der Waals surface area contributed by atoms with Crippen LogP contribution in [0.1, 0.15) is 5.69 Å². The Morgan fingerprint density at radius 1 is 1.46 bits per heavy atom. The molecule has 0 saturated heterocycles. The molecule has 0 spiro atoms. The first kappa shape index (κ1) is 8.20. The molecule has 0 amide bonds. The molecule has 2 rings (SSSR count). The first-order chi connectivity index (χ1) is 6.40. The van der Waals surface area contributed by atoms with Crippen LogP contribution in [0.3, 0.4) is 0 Å². The van der Waals surface area contributed by atoms with Crippen LogP contribution in [-0.2, 0) is 6.42 Å². The SMILES string of the molecule is NCCc1cc2[c]cccc2cn1. The highest BCUT2D eigenvalue weighted by atomic mass is 14.7. The molecule has 2 nitrogen and oxygen atoms in total. The second kappa shape index (κ2) is 3.54. The minimum atomic E-state index is 0.644. The molecular formula is C11H11N2. The van der Waals surface area contributed by atoms with Crippen LogP contribution in [0, 0.1) is 6.07 Å². The van der Waals surface area contributed by atoms with Gasteiger partial charge in [0.15, 0.2) is 0 Å². The van der Waals surface area contributed by atoms with E-state index in [1.807, 2.05) is 30.5 Å². The molecule has 0 bridgehead atoms. The van der Waals surface area contributed by atoms with Crippen molar-refractivity contribution in [3.05, 3.63) is 42.2 Å². The largest absolute Gasteiger partial charge is 0.330 e. The van der Waals surface area contributed by atoms with Gasteiger partial charge >= 0.3 is 0 Å². The van der Waals surface area contributed by atoms with Crippen molar-refractivity contribution in [2.75, 3.05) is 6.54 Å². The summed E-state index contributed by atoms with van der Waals surface area (Å²) in [5.74, 6) is 0. The summed E-state index contributed by atoms with van der Waals surface area (Å²) in [5, 5.41) is 2.24. The molecule has 65 valence electrons. The van der Waals surface area contributed by atoms with Crippen LogP contribution in [0.4, 0.5) is 0 Å². The van der Waals surface area contributed by atoms with Gasteiger partial charge < -0.3 is 5.73 Å². The fraction of sp³-hybridized carbons (Fsp3) is 0.182. The molecule has 0 fully saturated rings. The molecule has 1 aromatic heterocycles. The number of nitrogens with two attached hydrogens (primary N) is 1. The van der Waals surface area contributed by atoms with Gasteiger partial charge in [0, 0.05) is 23.7 Å². The molecule has 2 heteroatoms. The molecule has 2 N–H and O–H groups in total. The molecule has 0 aliphatic rings. The fourth-order valence-corrected chi connectivity index (χ4v) is 1.34. The fourth-order valence-electron chi connectivity index (χ4n) is 1.34. The van der Waals surface area contributed by atoms with Crippen molar-refractivity contribution in [3.63, 3.8) is 0 Å². The Bertz CT molecular complexity index is 410. The highest BCUT2D eigenvalue weighted by Crippen LogP contribution is 2.12. The zero-order valence-corrected chi connectivity index (χ0v) is 7.33. The van der Waals surface area contributed by atoms with Gasteiger partial charge in [0.2, 0.25) is 0 Å². The van der Waals surface area contributed by atoms with Crippen LogP contribution < -0.4 is 5.73 Å². The molecule has 1 radical (unpaired) electrons. The predicted octanol–water partition coefficient (Wildman–Crippen LogP) is 1.54. The molecule has 1 aromatic carbocycles. The van der Waals surface area contributed by atoms with Gasteiger partial charge in [0.1, 0.15) is 0 Å². The number of hydrogen-bond acceptors (Lipinski definition) is 2. The maximum atomic E-state index is 5.45. The lowest BCUT2D eigenvalue weighted by Crippen LogP contribution is -2.03. The van der Waals surface area contributed by atoms with E-state index in [0.29, 0.717) is 6.54 Å². The summed E-state index contributed by atoms with van der Waals surface area (Å²) in [6.07, 6.45) is 2.70. The summed E-state index contributed by atoms with van der Waals surface area (Å²) in [4.78, 5) is 4.30. The monoisotopic (exact) mass is 171 g/mol. The van der Waals surface area contributed by atoms with Gasteiger partial charge in [-0.15, -0.1) is 0 Å². The van der Waals surface area contributed by atoms with E-state index in [2.05, 4.69) is 11.1 Å². The third-order valence-electron chi connectivity index (χ3n) is 2.00. The van der Waals surface area contributed by atoms with Crippen molar-refractivity contribution < 1.29 is 0 Å². The van der Waals surface area contributed by atoms with Gasteiger partial charge in [-0.05, 0) is 24.1 Å². The number of aromatic nitrogens is 1. The second-order valence-electron chi connectivity index (χ2n) is 2.97. The van der Waals surface area contributed by atoms with Crippen molar-refractivity contribution in [2.24, 2.45) is 5.73 Å².